The largest absolute Gasteiger partial charge is 0.402 e. The van der Waals surface area contributed by atoms with E-state index in [0.717, 1.165) is 32.4 Å². The molecule has 26 heavy (non-hydrogen) atoms. The molecule has 1 spiro atoms. The van der Waals surface area contributed by atoms with Gasteiger partial charge in [-0.15, -0.1) is 0 Å². The van der Waals surface area contributed by atoms with Crippen molar-refractivity contribution in [3.8, 4) is 0 Å². The van der Waals surface area contributed by atoms with Crippen LogP contribution >= 0.6 is 0 Å². The molecule has 3 N–H and O–H groups in total. The minimum Gasteiger partial charge on any atom is -0.326 e. The summed E-state index contributed by atoms with van der Waals surface area (Å²) in [6.07, 6.45) is -1.84. The lowest BCUT2D eigenvalue weighted by Crippen LogP contribution is -2.33. The van der Waals surface area contributed by atoms with Crippen LogP contribution in [0.1, 0.15) is 19.3 Å². The van der Waals surface area contributed by atoms with E-state index in [-0.39, 0.29) is 22.1 Å². The molecule has 1 heterocycles. The van der Waals surface area contributed by atoms with E-state index < -0.39 is 22.7 Å². The van der Waals surface area contributed by atoms with Gasteiger partial charge in [-0.3, -0.25) is 4.79 Å². The minimum atomic E-state index is -4.63. The minimum absolute atomic E-state index is 0.0403. The highest BCUT2D eigenvalue weighted by molar-refractivity contribution is 7.89. The summed E-state index contributed by atoms with van der Waals surface area (Å²) in [5, 5.41) is 6.02. The number of amides is 1. The van der Waals surface area contributed by atoms with Crippen molar-refractivity contribution in [2.24, 2.45) is 11.3 Å². The molecule has 2 aliphatic rings. The first-order valence-corrected chi connectivity index (χ1v) is 9.78. The Labute approximate surface area is 149 Å². The van der Waals surface area contributed by atoms with Crippen molar-refractivity contribution >= 4 is 21.6 Å². The summed E-state index contributed by atoms with van der Waals surface area (Å²) >= 11 is 0. The molecule has 1 aromatic carbocycles. The van der Waals surface area contributed by atoms with Gasteiger partial charge in [0, 0.05) is 11.6 Å². The highest BCUT2D eigenvalue weighted by Gasteiger charge is 2.57. The van der Waals surface area contributed by atoms with E-state index in [1.54, 1.807) is 0 Å². The molecule has 0 bridgehead atoms. The number of hydrogen-bond acceptors (Lipinski definition) is 4. The maximum atomic E-state index is 12.4. The van der Waals surface area contributed by atoms with Gasteiger partial charge in [-0.25, -0.2) is 13.1 Å². The maximum absolute atomic E-state index is 12.4. The molecule has 1 unspecified atom stereocenters. The Bertz CT molecular complexity index is 772. The van der Waals surface area contributed by atoms with Gasteiger partial charge in [0.05, 0.1) is 4.90 Å². The standard InChI is InChI=1S/C16H20F3N3O3S/c17-16(18,19)10-21-26(24,25)12-3-1-11(2-4-12)22-14(23)13-9-15(13)5-7-20-8-6-15/h1-4,13,20-21H,5-10H2,(H,22,23). The zero-order valence-electron chi connectivity index (χ0n) is 13.9. The third kappa shape index (κ3) is 4.36. The number of rotatable bonds is 5. The van der Waals surface area contributed by atoms with E-state index in [1.807, 2.05) is 0 Å². The van der Waals surface area contributed by atoms with Gasteiger partial charge in [-0.2, -0.15) is 13.2 Å². The molecule has 1 saturated carbocycles. The quantitative estimate of drug-likeness (QED) is 0.715. The molecule has 2 fully saturated rings. The molecule has 0 radical (unpaired) electrons. The van der Waals surface area contributed by atoms with E-state index in [9.17, 15) is 26.4 Å². The number of sulfonamides is 1. The van der Waals surface area contributed by atoms with Gasteiger partial charge in [0.25, 0.3) is 0 Å². The first-order chi connectivity index (χ1) is 12.1. The predicted molar refractivity (Wildman–Crippen MR) is 89.0 cm³/mol. The van der Waals surface area contributed by atoms with Crippen molar-refractivity contribution in [3.63, 3.8) is 0 Å². The predicted octanol–water partition coefficient (Wildman–Crippen LogP) is 1.86. The van der Waals surface area contributed by atoms with Crippen LogP contribution in [0.15, 0.2) is 29.2 Å². The molecule has 1 amide bonds. The Morgan fingerprint density at radius 3 is 2.38 bits per heavy atom. The molecule has 1 aromatic rings. The molecule has 0 aromatic heterocycles. The SMILES string of the molecule is O=C(Nc1ccc(S(=O)(=O)NCC(F)(F)F)cc1)C1CC12CCNCC2. The molecule has 1 aliphatic carbocycles. The van der Waals surface area contributed by atoms with Crippen LogP contribution in [0.4, 0.5) is 18.9 Å². The molecule has 10 heteroatoms. The van der Waals surface area contributed by atoms with Crippen LogP contribution in [0.5, 0.6) is 0 Å². The second-order valence-corrected chi connectivity index (χ2v) is 8.59. The fourth-order valence-corrected chi connectivity index (χ4v) is 4.42. The number of benzene rings is 1. The summed E-state index contributed by atoms with van der Waals surface area (Å²) in [5.74, 6) is -0.140. The zero-order valence-corrected chi connectivity index (χ0v) is 14.7. The van der Waals surface area contributed by atoms with E-state index in [1.165, 1.54) is 29.0 Å². The average molecular weight is 391 g/mol. The van der Waals surface area contributed by atoms with E-state index in [4.69, 9.17) is 0 Å². The highest BCUT2D eigenvalue weighted by atomic mass is 32.2. The first kappa shape index (κ1) is 19.1. The molecular formula is C16H20F3N3O3S. The van der Waals surface area contributed by atoms with Crippen molar-refractivity contribution in [1.82, 2.24) is 10.0 Å². The van der Waals surface area contributed by atoms with E-state index in [0.29, 0.717) is 5.69 Å². The van der Waals surface area contributed by atoms with Gasteiger partial charge >= 0.3 is 6.18 Å². The number of carbonyl (C=O) groups is 1. The lowest BCUT2D eigenvalue weighted by atomic mass is 9.92. The van der Waals surface area contributed by atoms with Crippen molar-refractivity contribution < 1.29 is 26.4 Å². The summed E-state index contributed by atoms with van der Waals surface area (Å²) in [6.45, 7) is 0.176. The topological polar surface area (TPSA) is 87.3 Å². The second-order valence-electron chi connectivity index (χ2n) is 6.82. The van der Waals surface area contributed by atoms with Gasteiger partial charge < -0.3 is 10.6 Å². The van der Waals surface area contributed by atoms with Crippen molar-refractivity contribution in [3.05, 3.63) is 24.3 Å². The van der Waals surface area contributed by atoms with Crippen molar-refractivity contribution in [1.29, 1.82) is 0 Å². The Morgan fingerprint density at radius 1 is 1.19 bits per heavy atom. The fourth-order valence-electron chi connectivity index (χ4n) is 3.40. The van der Waals surface area contributed by atoms with Crippen molar-refractivity contribution in [2.45, 2.75) is 30.3 Å². The normalized spacial score (nSPS) is 22.2. The van der Waals surface area contributed by atoms with Crippen LogP contribution in [0.3, 0.4) is 0 Å². The Hall–Kier alpha value is -1.65. The molecule has 1 aliphatic heterocycles. The highest BCUT2D eigenvalue weighted by Crippen LogP contribution is 2.58. The van der Waals surface area contributed by atoms with Crippen LogP contribution in [0.2, 0.25) is 0 Å². The second kappa shape index (κ2) is 6.82. The fraction of sp³-hybridized carbons (Fsp3) is 0.562. The molecule has 1 saturated heterocycles. The van der Waals surface area contributed by atoms with Crippen LogP contribution in [-0.2, 0) is 14.8 Å². The lowest BCUT2D eigenvalue weighted by Gasteiger charge is -2.23. The molecule has 3 rings (SSSR count). The molecule has 6 nitrogen and oxygen atoms in total. The van der Waals surface area contributed by atoms with E-state index in [2.05, 4.69) is 10.6 Å². The lowest BCUT2D eigenvalue weighted by molar-refractivity contribution is -0.121. The summed E-state index contributed by atoms with van der Waals surface area (Å²) in [6, 6.07) is 5.08. The number of halogens is 3. The van der Waals surface area contributed by atoms with Crippen LogP contribution in [-0.4, -0.2) is 40.1 Å². The smallest absolute Gasteiger partial charge is 0.326 e. The Morgan fingerprint density at radius 2 is 1.81 bits per heavy atom. The summed E-state index contributed by atoms with van der Waals surface area (Å²) in [5.41, 5.74) is 0.501. The van der Waals surface area contributed by atoms with Gasteiger partial charge in [0.1, 0.15) is 6.54 Å². The van der Waals surface area contributed by atoms with Gasteiger partial charge in [0.15, 0.2) is 0 Å². The third-order valence-electron chi connectivity index (χ3n) is 5.00. The number of nitrogens with one attached hydrogen (secondary N) is 3. The zero-order chi connectivity index (χ0) is 19.0. The molecule has 1 atom stereocenters. The molecular weight excluding hydrogens is 371 g/mol. The van der Waals surface area contributed by atoms with Gasteiger partial charge in [-0.1, -0.05) is 0 Å². The number of hydrogen-bond donors (Lipinski definition) is 3. The summed E-state index contributed by atoms with van der Waals surface area (Å²) in [4.78, 5) is 12.1. The maximum Gasteiger partial charge on any atom is 0.402 e. The summed E-state index contributed by atoms with van der Waals surface area (Å²) in [7, 11) is -4.25. The Balaban J connectivity index is 1.59. The van der Waals surface area contributed by atoms with Crippen LogP contribution < -0.4 is 15.4 Å². The monoisotopic (exact) mass is 391 g/mol. The van der Waals surface area contributed by atoms with Gasteiger partial charge in [-0.05, 0) is 62.0 Å². The van der Waals surface area contributed by atoms with Crippen molar-refractivity contribution in [2.75, 3.05) is 25.0 Å². The molecule has 144 valence electrons. The van der Waals surface area contributed by atoms with E-state index >= 15 is 0 Å². The first-order valence-electron chi connectivity index (χ1n) is 8.29. The average Bonchev–Trinajstić information content (AvgIpc) is 3.27. The number of piperidine rings is 1. The summed E-state index contributed by atoms with van der Waals surface area (Å²) < 4.78 is 61.6. The van der Waals surface area contributed by atoms with Crippen LogP contribution in [0.25, 0.3) is 0 Å². The van der Waals surface area contributed by atoms with Crippen LogP contribution in [0, 0.1) is 11.3 Å². The third-order valence-corrected chi connectivity index (χ3v) is 6.42. The van der Waals surface area contributed by atoms with Gasteiger partial charge in [0.2, 0.25) is 15.9 Å². The number of anilines is 1. The number of carbonyl (C=O) groups excluding carboxylic acids is 1. The Kier molecular flexibility index (Phi) is 5.02. The number of alkyl halides is 3.